The lowest BCUT2D eigenvalue weighted by atomic mass is 10.0. The molecule has 1 N–H and O–H groups in total. The first-order valence-electron chi connectivity index (χ1n) is 12.5. The Bertz CT molecular complexity index is 317. The highest BCUT2D eigenvalue weighted by Crippen LogP contribution is 2.15. The highest BCUT2D eigenvalue weighted by molar-refractivity contribution is 5.68. The molecule has 0 amide bonds. The van der Waals surface area contributed by atoms with Crippen LogP contribution in [-0.2, 0) is 9.53 Å². The third-order valence-electron chi connectivity index (χ3n) is 5.79. The molecule has 0 aromatic carbocycles. The minimum atomic E-state index is -0.0806. The molecule has 0 bridgehead atoms. The number of aliphatic hydroxyl groups excluding tert-OH is 1. The molecule has 3 nitrogen and oxygen atoms in total. The molecule has 28 heavy (non-hydrogen) atoms. The van der Waals surface area contributed by atoms with Crippen LogP contribution in [0.5, 0.6) is 0 Å². The second kappa shape index (κ2) is 22.7. The van der Waals surface area contributed by atoms with Crippen LogP contribution >= 0.6 is 0 Å². The molecule has 0 radical (unpaired) electrons. The van der Waals surface area contributed by atoms with Crippen molar-refractivity contribution in [3.05, 3.63) is 0 Å². The molecule has 0 aliphatic rings. The maximum Gasteiger partial charge on any atom is 0.305 e. The van der Waals surface area contributed by atoms with E-state index in [4.69, 9.17) is 0 Å². The van der Waals surface area contributed by atoms with Crippen LogP contribution in [-0.4, -0.2) is 24.3 Å². The number of methoxy groups -OCH3 is 1. The zero-order valence-corrected chi connectivity index (χ0v) is 19.2. The first kappa shape index (κ1) is 27.4. The van der Waals surface area contributed by atoms with Crippen molar-refractivity contribution in [2.24, 2.45) is 0 Å². The van der Waals surface area contributed by atoms with E-state index in [9.17, 15) is 9.90 Å². The summed E-state index contributed by atoms with van der Waals surface area (Å²) in [5, 5.41) is 10.1. The van der Waals surface area contributed by atoms with Crippen LogP contribution in [0.3, 0.4) is 0 Å². The smallest absolute Gasteiger partial charge is 0.305 e. The molecular formula is C25H50O3. The Morgan fingerprint density at radius 1 is 0.643 bits per heavy atom. The Labute approximate surface area is 176 Å². The molecule has 0 rings (SSSR count). The maximum absolute atomic E-state index is 11.0. The van der Waals surface area contributed by atoms with Crippen LogP contribution in [0, 0.1) is 0 Å². The second-order valence-corrected chi connectivity index (χ2v) is 8.57. The monoisotopic (exact) mass is 398 g/mol. The summed E-state index contributed by atoms with van der Waals surface area (Å²) in [5.74, 6) is -0.0806. The van der Waals surface area contributed by atoms with Crippen molar-refractivity contribution in [2.75, 3.05) is 7.11 Å². The summed E-state index contributed by atoms with van der Waals surface area (Å²) in [7, 11) is 1.46. The van der Waals surface area contributed by atoms with Crippen molar-refractivity contribution in [3.8, 4) is 0 Å². The summed E-state index contributed by atoms with van der Waals surface area (Å²) >= 11 is 0. The van der Waals surface area contributed by atoms with E-state index in [0.717, 1.165) is 25.7 Å². The SMILES string of the molecule is CCCCCCCCCCC(O)CCCCCCCCCCCCC(=O)OC. The molecule has 0 aliphatic carbocycles. The minimum Gasteiger partial charge on any atom is -0.469 e. The molecule has 0 spiro atoms. The molecule has 0 fully saturated rings. The quantitative estimate of drug-likeness (QED) is 0.150. The van der Waals surface area contributed by atoms with Crippen LogP contribution in [0.2, 0.25) is 0 Å². The molecule has 0 aromatic heterocycles. The van der Waals surface area contributed by atoms with E-state index in [2.05, 4.69) is 11.7 Å². The van der Waals surface area contributed by atoms with Gasteiger partial charge in [0.05, 0.1) is 13.2 Å². The fourth-order valence-corrected chi connectivity index (χ4v) is 3.82. The molecular weight excluding hydrogens is 348 g/mol. The van der Waals surface area contributed by atoms with Gasteiger partial charge >= 0.3 is 5.97 Å². The van der Waals surface area contributed by atoms with E-state index in [-0.39, 0.29) is 12.1 Å². The molecule has 0 saturated heterocycles. The number of carbonyl (C=O) groups is 1. The van der Waals surface area contributed by atoms with Gasteiger partial charge in [-0.15, -0.1) is 0 Å². The summed E-state index contributed by atoms with van der Waals surface area (Å²) in [6.07, 6.45) is 25.6. The first-order valence-corrected chi connectivity index (χ1v) is 12.5. The summed E-state index contributed by atoms with van der Waals surface area (Å²) in [5.41, 5.74) is 0. The standard InChI is InChI=1S/C25H50O3/c1-3-4-5-6-7-12-15-18-21-24(26)22-19-16-13-10-8-9-11-14-17-20-23-25(27)28-2/h24,26H,3-23H2,1-2H3. The lowest BCUT2D eigenvalue weighted by molar-refractivity contribution is -0.140. The fraction of sp³-hybridized carbons (Fsp3) is 0.960. The molecule has 1 atom stereocenters. The van der Waals surface area contributed by atoms with Gasteiger partial charge in [0.15, 0.2) is 0 Å². The second-order valence-electron chi connectivity index (χ2n) is 8.57. The van der Waals surface area contributed by atoms with Crippen molar-refractivity contribution in [3.63, 3.8) is 0 Å². The normalized spacial score (nSPS) is 12.2. The molecule has 0 saturated carbocycles. The van der Waals surface area contributed by atoms with Gasteiger partial charge in [-0.3, -0.25) is 4.79 Å². The van der Waals surface area contributed by atoms with Gasteiger partial charge in [-0.25, -0.2) is 0 Å². The Balaban J connectivity index is 3.16. The number of hydrogen-bond donors (Lipinski definition) is 1. The van der Waals surface area contributed by atoms with E-state index >= 15 is 0 Å². The van der Waals surface area contributed by atoms with Crippen molar-refractivity contribution >= 4 is 5.97 Å². The Morgan fingerprint density at radius 2 is 1.00 bits per heavy atom. The Hall–Kier alpha value is -0.570. The van der Waals surface area contributed by atoms with Crippen LogP contribution in [0.1, 0.15) is 142 Å². The van der Waals surface area contributed by atoms with Gasteiger partial charge in [0.25, 0.3) is 0 Å². The molecule has 168 valence electrons. The number of unbranched alkanes of at least 4 members (excludes halogenated alkanes) is 16. The van der Waals surface area contributed by atoms with Gasteiger partial charge in [-0.2, -0.15) is 0 Å². The average molecular weight is 399 g/mol. The number of rotatable bonds is 22. The molecule has 3 heteroatoms. The third kappa shape index (κ3) is 21.7. The fourth-order valence-electron chi connectivity index (χ4n) is 3.82. The predicted octanol–water partition coefficient (Wildman–Crippen LogP) is 7.73. The lowest BCUT2D eigenvalue weighted by Gasteiger charge is -2.10. The third-order valence-corrected chi connectivity index (χ3v) is 5.79. The largest absolute Gasteiger partial charge is 0.469 e. The summed E-state index contributed by atoms with van der Waals surface area (Å²) in [4.78, 5) is 11.0. The van der Waals surface area contributed by atoms with Crippen LogP contribution in [0.15, 0.2) is 0 Å². The summed E-state index contributed by atoms with van der Waals surface area (Å²) < 4.78 is 4.65. The van der Waals surface area contributed by atoms with Crippen molar-refractivity contribution in [1.29, 1.82) is 0 Å². The van der Waals surface area contributed by atoms with Crippen LogP contribution < -0.4 is 0 Å². The molecule has 1 unspecified atom stereocenters. The van der Waals surface area contributed by atoms with E-state index in [0.29, 0.717) is 6.42 Å². The zero-order chi connectivity index (χ0) is 20.7. The van der Waals surface area contributed by atoms with Crippen LogP contribution in [0.25, 0.3) is 0 Å². The number of esters is 1. The highest BCUT2D eigenvalue weighted by Gasteiger charge is 2.04. The van der Waals surface area contributed by atoms with Crippen molar-refractivity contribution in [1.82, 2.24) is 0 Å². The lowest BCUT2D eigenvalue weighted by Crippen LogP contribution is -2.05. The summed E-state index contributed by atoms with van der Waals surface area (Å²) in [6.45, 7) is 2.26. The summed E-state index contributed by atoms with van der Waals surface area (Å²) in [6, 6.07) is 0. The Morgan fingerprint density at radius 3 is 1.39 bits per heavy atom. The molecule has 0 heterocycles. The van der Waals surface area contributed by atoms with Crippen LogP contribution in [0.4, 0.5) is 0 Å². The van der Waals surface area contributed by atoms with Gasteiger partial charge in [0.1, 0.15) is 0 Å². The van der Waals surface area contributed by atoms with Gasteiger partial charge in [-0.05, 0) is 19.3 Å². The maximum atomic E-state index is 11.0. The number of carbonyl (C=O) groups excluding carboxylic acids is 1. The number of ether oxygens (including phenoxy) is 1. The van der Waals surface area contributed by atoms with E-state index < -0.39 is 0 Å². The highest BCUT2D eigenvalue weighted by atomic mass is 16.5. The Kier molecular flexibility index (Phi) is 22.3. The van der Waals surface area contributed by atoms with Gasteiger partial charge in [-0.1, -0.05) is 116 Å². The van der Waals surface area contributed by atoms with Gasteiger partial charge < -0.3 is 9.84 Å². The van der Waals surface area contributed by atoms with E-state index in [1.807, 2.05) is 0 Å². The minimum absolute atomic E-state index is 0.0647. The zero-order valence-electron chi connectivity index (χ0n) is 19.2. The van der Waals surface area contributed by atoms with E-state index in [1.54, 1.807) is 0 Å². The van der Waals surface area contributed by atoms with Gasteiger partial charge in [0.2, 0.25) is 0 Å². The molecule has 0 aliphatic heterocycles. The van der Waals surface area contributed by atoms with E-state index in [1.165, 1.54) is 110 Å². The average Bonchev–Trinajstić information content (AvgIpc) is 2.70. The van der Waals surface area contributed by atoms with Crippen molar-refractivity contribution in [2.45, 2.75) is 148 Å². The topological polar surface area (TPSA) is 46.5 Å². The molecule has 0 aromatic rings. The number of aliphatic hydroxyl groups is 1. The predicted molar refractivity (Wildman–Crippen MR) is 121 cm³/mol. The van der Waals surface area contributed by atoms with Crippen molar-refractivity contribution < 1.29 is 14.6 Å². The van der Waals surface area contributed by atoms with Gasteiger partial charge in [0, 0.05) is 6.42 Å². The number of hydrogen-bond acceptors (Lipinski definition) is 3. The first-order chi connectivity index (χ1) is 13.7.